The van der Waals surface area contributed by atoms with Gasteiger partial charge in [0, 0.05) is 0 Å². The Bertz CT molecular complexity index is 99.1. The topological polar surface area (TPSA) is 9.23 Å². The van der Waals surface area contributed by atoms with Gasteiger partial charge in [0.2, 0.25) is 0 Å². The summed E-state index contributed by atoms with van der Waals surface area (Å²) in [7, 11) is -1.23. The lowest BCUT2D eigenvalue weighted by Gasteiger charge is -2.19. The monoisotopic (exact) mass is 204 g/mol. The van der Waals surface area contributed by atoms with Crippen molar-refractivity contribution in [3.63, 3.8) is 0 Å². The molecule has 11 heavy (non-hydrogen) atoms. The van der Waals surface area contributed by atoms with Gasteiger partial charge in [-0.3, -0.25) is 0 Å². The second kappa shape index (κ2) is 5.55. The molecule has 0 spiro atoms. The van der Waals surface area contributed by atoms with Gasteiger partial charge in [0.15, 0.2) is 8.32 Å². The molecule has 0 saturated heterocycles. The van der Waals surface area contributed by atoms with Crippen molar-refractivity contribution in [2.24, 2.45) is 0 Å². The molecule has 4 heteroatoms. The highest BCUT2D eigenvalue weighted by atomic mass is 28.8. The quantitative estimate of drug-likeness (QED) is 0.622. The fraction of sp³-hybridized carbons (Fsp3) is 1.00. The van der Waals surface area contributed by atoms with E-state index in [9.17, 15) is 0 Å². The second-order valence-corrected chi connectivity index (χ2v) is 17.6. The van der Waals surface area contributed by atoms with Crippen LogP contribution in [0.5, 0.6) is 0 Å². The van der Waals surface area contributed by atoms with Crippen molar-refractivity contribution >= 4 is 30.1 Å². The minimum absolute atomic E-state index is 0.0783. The van der Waals surface area contributed by atoms with E-state index in [0.717, 1.165) is 0 Å². The van der Waals surface area contributed by atoms with Crippen molar-refractivity contribution in [2.45, 2.75) is 44.1 Å². The minimum atomic E-state index is -1.16. The molecule has 0 unspecified atom stereocenters. The Morgan fingerprint density at radius 1 is 1.18 bits per heavy atom. The molecule has 0 aromatic carbocycles. The highest BCUT2D eigenvalue weighted by Gasteiger charge is 2.19. The van der Waals surface area contributed by atoms with Gasteiger partial charge in [-0.25, -0.2) is 0 Å². The van der Waals surface area contributed by atoms with Gasteiger partial charge in [0.25, 0.3) is 13.5 Å². The molecule has 0 aromatic heterocycles. The summed E-state index contributed by atoms with van der Waals surface area (Å²) in [4.78, 5) is 0. The summed E-state index contributed by atoms with van der Waals surface area (Å²) < 4.78 is 6.01. The zero-order chi connectivity index (χ0) is 8.91. The summed E-state index contributed by atoms with van der Waals surface area (Å²) in [5, 5.41) is 2.90. The molecule has 0 heterocycles. The van der Waals surface area contributed by atoms with Gasteiger partial charge in [-0.15, -0.1) is 0 Å². The summed E-state index contributed by atoms with van der Waals surface area (Å²) in [5.74, 6) is 0. The van der Waals surface area contributed by atoms with E-state index >= 15 is 0 Å². The lowest BCUT2D eigenvalue weighted by molar-refractivity contribution is 0.611. The van der Waals surface area contributed by atoms with Crippen molar-refractivity contribution in [1.29, 1.82) is 0 Å². The van der Waals surface area contributed by atoms with Crippen molar-refractivity contribution in [2.75, 3.05) is 0 Å². The maximum Gasteiger partial charge on any atom is 0.284 e. The predicted molar refractivity (Wildman–Crippen MR) is 59.7 cm³/mol. The molecule has 0 aliphatic rings. The average molecular weight is 204 g/mol. The first-order valence-electron chi connectivity index (χ1n) is 4.63. The first kappa shape index (κ1) is 11.9. The van der Waals surface area contributed by atoms with E-state index in [1.54, 1.807) is 0 Å². The average Bonchev–Trinajstić information content (AvgIpc) is 1.88. The molecule has 0 N–H and O–H groups in total. The molecular formula is C7H21AlOSi2. The smallest absolute Gasteiger partial charge is 0.284 e. The summed E-state index contributed by atoms with van der Waals surface area (Å²) >= 11 is -0.341. The van der Waals surface area contributed by atoms with Crippen LogP contribution >= 0.6 is 0 Å². The van der Waals surface area contributed by atoms with Crippen molar-refractivity contribution in [3.8, 4) is 0 Å². The van der Waals surface area contributed by atoms with Crippen LogP contribution in [0.3, 0.4) is 0 Å². The molecule has 0 rings (SSSR count). The van der Waals surface area contributed by atoms with E-state index in [4.69, 9.17) is 4.12 Å². The zero-order valence-corrected chi connectivity index (χ0v) is 12.2. The van der Waals surface area contributed by atoms with Crippen LogP contribution in [-0.2, 0) is 4.12 Å². The van der Waals surface area contributed by atoms with Crippen LogP contribution in [0.4, 0.5) is 0 Å². The normalized spacial score (nSPS) is 12.8. The van der Waals surface area contributed by atoms with Crippen LogP contribution in [0.25, 0.3) is 0 Å². The number of hydrogen-bond acceptors (Lipinski definition) is 1. The van der Waals surface area contributed by atoms with Crippen LogP contribution in [0.15, 0.2) is 0 Å². The van der Waals surface area contributed by atoms with E-state index in [2.05, 4.69) is 33.5 Å². The second-order valence-electron chi connectivity index (χ2n) is 4.11. The standard InChI is InChI=1S/C3H11OSi2.2C2H5.Al/c1-6(2,3)4-5;2*1-2;/h5H2,1-3H3;2*1H2,2H3;. The van der Waals surface area contributed by atoms with Gasteiger partial charge in [-0.1, -0.05) is 24.4 Å². The molecule has 0 aliphatic heterocycles. The Labute approximate surface area is 78.4 Å². The first-order valence-corrected chi connectivity index (χ1v) is 13.5. The fourth-order valence-electron chi connectivity index (χ4n) is 0.892. The Hall–Kier alpha value is 0.926. The van der Waals surface area contributed by atoms with Gasteiger partial charge >= 0.3 is 0 Å². The molecule has 66 valence electrons. The van der Waals surface area contributed by atoms with Gasteiger partial charge in [-0.2, -0.15) is 0 Å². The molecule has 0 atom stereocenters. The largest absolute Gasteiger partial charge is 0.472 e. The first-order chi connectivity index (χ1) is 4.99. The van der Waals surface area contributed by atoms with E-state index in [-0.39, 0.29) is 21.8 Å². The summed E-state index contributed by atoms with van der Waals surface area (Å²) in [6, 6.07) is 0. The summed E-state index contributed by atoms with van der Waals surface area (Å²) in [6.07, 6.45) is 0. The zero-order valence-electron chi connectivity index (χ0n) is 8.61. The molecule has 0 fully saturated rings. The molecule has 0 amide bonds. The van der Waals surface area contributed by atoms with Gasteiger partial charge in [0.05, 0.1) is 8.32 Å². The molecule has 0 saturated carbocycles. The third-order valence-electron chi connectivity index (χ3n) is 1.91. The lowest BCUT2D eigenvalue weighted by Crippen LogP contribution is -2.34. The number of rotatable bonds is 5. The third kappa shape index (κ3) is 7.29. The highest BCUT2D eigenvalue weighted by Crippen LogP contribution is 2.04. The van der Waals surface area contributed by atoms with Crippen LogP contribution in [0.1, 0.15) is 13.8 Å². The molecular weight excluding hydrogens is 183 g/mol. The van der Waals surface area contributed by atoms with E-state index in [1.807, 2.05) is 0 Å². The van der Waals surface area contributed by atoms with Gasteiger partial charge < -0.3 is 4.12 Å². The fourth-order valence-corrected chi connectivity index (χ4v) is 12.9. The van der Waals surface area contributed by atoms with Crippen molar-refractivity contribution in [1.82, 2.24) is 0 Å². The van der Waals surface area contributed by atoms with Crippen LogP contribution < -0.4 is 0 Å². The van der Waals surface area contributed by atoms with Crippen molar-refractivity contribution < 1.29 is 4.12 Å². The van der Waals surface area contributed by atoms with Crippen LogP contribution in [0.2, 0.25) is 30.2 Å². The van der Waals surface area contributed by atoms with Crippen molar-refractivity contribution in [3.05, 3.63) is 0 Å². The maximum atomic E-state index is 6.01. The molecule has 1 nitrogen and oxygen atoms in total. The summed E-state index contributed by atoms with van der Waals surface area (Å²) in [6.45, 7) is 11.6. The Morgan fingerprint density at radius 3 is 1.91 bits per heavy atom. The van der Waals surface area contributed by atoms with Gasteiger partial charge in [-0.05, 0) is 19.6 Å². The SMILES string of the molecule is C[CH2][Al]([CH2]C)[SiH2]O[Si](C)(C)C. The highest BCUT2D eigenvalue weighted by molar-refractivity contribution is 7.11. The van der Waals surface area contributed by atoms with E-state index < -0.39 is 8.32 Å². The molecule has 0 radical (unpaired) electrons. The summed E-state index contributed by atoms with van der Waals surface area (Å²) in [5.41, 5.74) is 0. The lowest BCUT2D eigenvalue weighted by atomic mass is 10.9. The van der Waals surface area contributed by atoms with Crippen LogP contribution in [0, 0.1) is 0 Å². The third-order valence-corrected chi connectivity index (χ3v) is 15.2. The van der Waals surface area contributed by atoms with E-state index in [0.29, 0.717) is 0 Å². The molecule has 0 bridgehead atoms. The molecule has 0 aromatic rings. The Balaban J connectivity index is 3.51. The molecule has 0 aliphatic carbocycles. The Morgan fingerprint density at radius 2 is 1.64 bits per heavy atom. The van der Waals surface area contributed by atoms with Gasteiger partial charge in [0.1, 0.15) is 0 Å². The Kier molecular flexibility index (Phi) is 6.02. The maximum absolute atomic E-state index is 6.01. The number of hydrogen-bond donors (Lipinski definition) is 0. The minimum Gasteiger partial charge on any atom is -0.472 e. The predicted octanol–water partition coefficient (Wildman–Crippen LogP) is 1.95. The van der Waals surface area contributed by atoms with E-state index in [1.165, 1.54) is 10.6 Å². The van der Waals surface area contributed by atoms with Crippen LogP contribution in [-0.4, -0.2) is 30.1 Å².